The van der Waals surface area contributed by atoms with Crippen molar-refractivity contribution in [3.8, 4) is 0 Å². The Morgan fingerprint density at radius 2 is 1.74 bits per heavy atom. The summed E-state index contributed by atoms with van der Waals surface area (Å²) in [5.74, 6) is 0.832. The van der Waals surface area contributed by atoms with E-state index in [1.165, 1.54) is 12.8 Å². The van der Waals surface area contributed by atoms with Gasteiger partial charge in [0.2, 0.25) is 5.91 Å². The predicted octanol–water partition coefficient (Wildman–Crippen LogP) is 2.16. The van der Waals surface area contributed by atoms with Crippen LogP contribution in [0.3, 0.4) is 0 Å². The molecule has 2 aliphatic rings. The number of amides is 1. The standard InChI is InChI=1S/C16H21NO2/c18-14-8-10-17(11-9-14)16(19)15(13-6-7-13)12-4-2-1-3-5-12/h1-5,13-15,18H,6-11H2. The van der Waals surface area contributed by atoms with Crippen LogP contribution < -0.4 is 0 Å². The second-order valence-corrected chi connectivity index (χ2v) is 5.78. The Kier molecular flexibility index (Phi) is 3.56. The number of nitrogens with zero attached hydrogens (tertiary/aromatic N) is 1. The van der Waals surface area contributed by atoms with E-state index in [0.29, 0.717) is 19.0 Å². The smallest absolute Gasteiger partial charge is 0.230 e. The van der Waals surface area contributed by atoms with Gasteiger partial charge in [0.25, 0.3) is 0 Å². The van der Waals surface area contributed by atoms with E-state index in [0.717, 1.165) is 18.4 Å². The van der Waals surface area contributed by atoms with Gasteiger partial charge in [-0.15, -0.1) is 0 Å². The van der Waals surface area contributed by atoms with Crippen molar-refractivity contribution < 1.29 is 9.90 Å². The zero-order valence-corrected chi connectivity index (χ0v) is 11.2. The fourth-order valence-electron chi connectivity index (χ4n) is 2.99. The Balaban J connectivity index is 1.75. The van der Waals surface area contributed by atoms with Crippen LogP contribution >= 0.6 is 0 Å². The summed E-state index contributed by atoms with van der Waals surface area (Å²) in [6.45, 7) is 1.41. The highest BCUT2D eigenvalue weighted by Crippen LogP contribution is 2.43. The summed E-state index contributed by atoms with van der Waals surface area (Å²) in [4.78, 5) is 14.7. The molecule has 1 unspecified atom stereocenters. The lowest BCUT2D eigenvalue weighted by molar-refractivity contribution is -0.135. The van der Waals surface area contributed by atoms with Gasteiger partial charge >= 0.3 is 0 Å². The van der Waals surface area contributed by atoms with Gasteiger partial charge in [-0.25, -0.2) is 0 Å². The summed E-state index contributed by atoms with van der Waals surface area (Å²) in [6, 6.07) is 10.2. The molecule has 2 fully saturated rings. The molecule has 3 heteroatoms. The Morgan fingerprint density at radius 1 is 1.11 bits per heavy atom. The molecule has 1 aromatic rings. The third kappa shape index (κ3) is 2.81. The quantitative estimate of drug-likeness (QED) is 0.903. The first-order valence-corrected chi connectivity index (χ1v) is 7.27. The molecule has 3 rings (SSSR count). The first kappa shape index (κ1) is 12.7. The third-order valence-corrected chi connectivity index (χ3v) is 4.29. The Hall–Kier alpha value is -1.35. The Labute approximate surface area is 114 Å². The van der Waals surface area contributed by atoms with Gasteiger partial charge < -0.3 is 10.0 Å². The van der Waals surface area contributed by atoms with Gasteiger partial charge in [-0.3, -0.25) is 4.79 Å². The number of carbonyl (C=O) groups excluding carboxylic acids is 1. The second kappa shape index (κ2) is 5.33. The van der Waals surface area contributed by atoms with Crippen LogP contribution in [0.4, 0.5) is 0 Å². The molecule has 1 aromatic carbocycles. The molecule has 0 aromatic heterocycles. The average molecular weight is 259 g/mol. The third-order valence-electron chi connectivity index (χ3n) is 4.29. The number of hydrogen-bond acceptors (Lipinski definition) is 2. The van der Waals surface area contributed by atoms with Crippen molar-refractivity contribution in [2.24, 2.45) is 5.92 Å². The summed E-state index contributed by atoms with van der Waals surface area (Å²) in [7, 11) is 0. The van der Waals surface area contributed by atoms with Crippen molar-refractivity contribution in [3.63, 3.8) is 0 Å². The topological polar surface area (TPSA) is 40.5 Å². The molecule has 0 bridgehead atoms. The summed E-state index contributed by atoms with van der Waals surface area (Å²) in [5.41, 5.74) is 1.15. The average Bonchev–Trinajstić information content (AvgIpc) is 3.25. The number of likely N-dealkylation sites (tertiary alicyclic amines) is 1. The molecule has 1 heterocycles. The maximum atomic E-state index is 12.7. The highest BCUT2D eigenvalue weighted by Gasteiger charge is 2.39. The Bertz CT molecular complexity index is 433. The van der Waals surface area contributed by atoms with Gasteiger partial charge in [0.15, 0.2) is 0 Å². The molecule has 1 amide bonds. The van der Waals surface area contributed by atoms with E-state index in [1.807, 2.05) is 23.1 Å². The van der Waals surface area contributed by atoms with Crippen molar-refractivity contribution in [2.75, 3.05) is 13.1 Å². The lowest BCUT2D eigenvalue weighted by Crippen LogP contribution is -2.42. The fourth-order valence-corrected chi connectivity index (χ4v) is 2.99. The zero-order valence-electron chi connectivity index (χ0n) is 11.2. The molecule has 1 saturated carbocycles. The van der Waals surface area contributed by atoms with Crippen molar-refractivity contribution >= 4 is 5.91 Å². The summed E-state index contributed by atoms with van der Waals surface area (Å²) in [6.07, 6.45) is 3.56. The van der Waals surface area contributed by atoms with Crippen LogP contribution in [0, 0.1) is 5.92 Å². The number of hydrogen-bond donors (Lipinski definition) is 1. The Morgan fingerprint density at radius 3 is 2.32 bits per heavy atom. The molecular formula is C16H21NO2. The van der Waals surface area contributed by atoms with E-state index < -0.39 is 0 Å². The van der Waals surface area contributed by atoms with Crippen LogP contribution in [0.25, 0.3) is 0 Å². The summed E-state index contributed by atoms with van der Waals surface area (Å²) >= 11 is 0. The van der Waals surface area contributed by atoms with Crippen molar-refractivity contribution in [1.82, 2.24) is 4.90 Å². The van der Waals surface area contributed by atoms with Crippen LogP contribution in [0.5, 0.6) is 0 Å². The molecule has 1 atom stereocenters. The lowest BCUT2D eigenvalue weighted by Gasteiger charge is -2.32. The van der Waals surface area contributed by atoms with Gasteiger partial charge in [-0.05, 0) is 37.2 Å². The molecule has 3 nitrogen and oxygen atoms in total. The molecule has 1 aliphatic heterocycles. The van der Waals surface area contributed by atoms with E-state index in [-0.39, 0.29) is 17.9 Å². The lowest BCUT2D eigenvalue weighted by atomic mass is 9.92. The number of benzene rings is 1. The van der Waals surface area contributed by atoms with Crippen LogP contribution in [0.1, 0.15) is 37.2 Å². The zero-order chi connectivity index (χ0) is 13.2. The molecular weight excluding hydrogens is 238 g/mol. The van der Waals surface area contributed by atoms with Gasteiger partial charge in [-0.1, -0.05) is 30.3 Å². The van der Waals surface area contributed by atoms with Crippen molar-refractivity contribution in [1.29, 1.82) is 0 Å². The number of aliphatic hydroxyl groups is 1. The van der Waals surface area contributed by atoms with Gasteiger partial charge in [0.05, 0.1) is 12.0 Å². The molecule has 0 spiro atoms. The molecule has 102 valence electrons. The van der Waals surface area contributed by atoms with Crippen LogP contribution in [-0.4, -0.2) is 35.1 Å². The molecule has 0 radical (unpaired) electrons. The normalized spacial score (nSPS) is 22.3. The van der Waals surface area contributed by atoms with Crippen LogP contribution in [0.2, 0.25) is 0 Å². The van der Waals surface area contributed by atoms with E-state index in [1.54, 1.807) is 0 Å². The van der Waals surface area contributed by atoms with E-state index in [9.17, 15) is 9.90 Å². The first-order chi connectivity index (χ1) is 9.25. The summed E-state index contributed by atoms with van der Waals surface area (Å²) < 4.78 is 0. The minimum absolute atomic E-state index is 0.0384. The highest BCUT2D eigenvalue weighted by atomic mass is 16.3. The van der Waals surface area contributed by atoms with Gasteiger partial charge in [0, 0.05) is 13.1 Å². The van der Waals surface area contributed by atoms with Gasteiger partial charge in [0.1, 0.15) is 0 Å². The number of rotatable bonds is 3. The monoisotopic (exact) mass is 259 g/mol. The van der Waals surface area contributed by atoms with Crippen molar-refractivity contribution in [2.45, 2.75) is 37.7 Å². The highest BCUT2D eigenvalue weighted by molar-refractivity contribution is 5.84. The summed E-state index contributed by atoms with van der Waals surface area (Å²) in [5, 5.41) is 9.55. The number of aliphatic hydroxyl groups excluding tert-OH is 1. The largest absolute Gasteiger partial charge is 0.393 e. The fraction of sp³-hybridized carbons (Fsp3) is 0.562. The minimum atomic E-state index is -0.222. The van der Waals surface area contributed by atoms with Gasteiger partial charge in [-0.2, -0.15) is 0 Å². The second-order valence-electron chi connectivity index (χ2n) is 5.78. The van der Waals surface area contributed by atoms with E-state index >= 15 is 0 Å². The molecule has 1 N–H and O–H groups in total. The van der Waals surface area contributed by atoms with Crippen LogP contribution in [-0.2, 0) is 4.79 Å². The first-order valence-electron chi connectivity index (χ1n) is 7.27. The molecule has 19 heavy (non-hydrogen) atoms. The van der Waals surface area contributed by atoms with Crippen molar-refractivity contribution in [3.05, 3.63) is 35.9 Å². The molecule has 1 saturated heterocycles. The predicted molar refractivity (Wildman–Crippen MR) is 73.7 cm³/mol. The SMILES string of the molecule is O=C(C(c1ccccc1)C1CC1)N1CCC(O)CC1. The van der Waals surface area contributed by atoms with E-state index in [4.69, 9.17) is 0 Å². The maximum Gasteiger partial charge on any atom is 0.230 e. The maximum absolute atomic E-state index is 12.7. The number of piperidine rings is 1. The molecule has 1 aliphatic carbocycles. The minimum Gasteiger partial charge on any atom is -0.393 e. The van der Waals surface area contributed by atoms with Crippen LogP contribution in [0.15, 0.2) is 30.3 Å². The van der Waals surface area contributed by atoms with E-state index in [2.05, 4.69) is 12.1 Å². The number of carbonyl (C=O) groups is 1.